The van der Waals surface area contributed by atoms with Gasteiger partial charge in [-0.25, -0.2) is 14.0 Å². The van der Waals surface area contributed by atoms with Crippen LogP contribution in [0.1, 0.15) is 37.6 Å². The van der Waals surface area contributed by atoms with Gasteiger partial charge in [0.05, 0.1) is 11.6 Å². The van der Waals surface area contributed by atoms with Gasteiger partial charge in [0, 0.05) is 17.6 Å². The van der Waals surface area contributed by atoms with Crippen molar-refractivity contribution in [1.82, 2.24) is 4.90 Å². The van der Waals surface area contributed by atoms with Crippen LogP contribution in [0.2, 0.25) is 0 Å². The van der Waals surface area contributed by atoms with E-state index in [4.69, 9.17) is 9.47 Å². The van der Waals surface area contributed by atoms with Gasteiger partial charge in [-0.15, -0.1) is 0 Å². The number of esters is 1. The minimum Gasteiger partial charge on any atom is -0.485 e. The number of halogens is 3. The van der Waals surface area contributed by atoms with Crippen LogP contribution in [-0.2, 0) is 9.47 Å². The van der Waals surface area contributed by atoms with Gasteiger partial charge in [-0.3, -0.25) is 0 Å². The molecule has 0 bridgehead atoms. The SMILES string of the molecule is COC(=O)c1c(Br)cc(Br)c(OCC2=CCN(C(=O)OC(C)(C)C)CC2)c1F. The van der Waals surface area contributed by atoms with Crippen LogP contribution in [-0.4, -0.2) is 49.4 Å². The molecule has 0 unspecified atom stereocenters. The predicted octanol–water partition coefficient (Wildman–Crippen LogP) is 5.08. The molecule has 6 nitrogen and oxygen atoms in total. The number of carbonyl (C=O) groups excluding carboxylic acids is 2. The maximum atomic E-state index is 14.7. The number of benzene rings is 1. The summed E-state index contributed by atoms with van der Waals surface area (Å²) in [4.78, 5) is 25.5. The first kappa shape index (κ1) is 22.7. The first-order valence-corrected chi connectivity index (χ1v) is 10.2. The third-order valence-corrected chi connectivity index (χ3v) is 5.09. The standard InChI is InChI=1S/C19H22Br2FNO5/c1-19(2,3)28-18(25)23-7-5-11(6-8-23)10-27-16-13(21)9-12(20)14(15(16)22)17(24)26-4/h5,9H,6-8,10H2,1-4H3. The number of rotatable bonds is 4. The van der Waals surface area contributed by atoms with Gasteiger partial charge in [0.2, 0.25) is 0 Å². The maximum Gasteiger partial charge on any atom is 0.410 e. The monoisotopic (exact) mass is 521 g/mol. The summed E-state index contributed by atoms with van der Waals surface area (Å²) in [6.07, 6.45) is 2.08. The first-order chi connectivity index (χ1) is 13.0. The Morgan fingerprint density at radius 2 is 1.93 bits per heavy atom. The molecule has 0 saturated heterocycles. The van der Waals surface area contributed by atoms with Crippen molar-refractivity contribution in [2.75, 3.05) is 26.8 Å². The molecule has 0 aliphatic carbocycles. The molecule has 1 aliphatic heterocycles. The summed E-state index contributed by atoms with van der Waals surface area (Å²) in [5.41, 5.74) is 0.149. The van der Waals surface area contributed by atoms with E-state index in [1.807, 2.05) is 26.8 Å². The first-order valence-electron chi connectivity index (χ1n) is 8.58. The largest absolute Gasteiger partial charge is 0.485 e. The van der Waals surface area contributed by atoms with Gasteiger partial charge in [0.15, 0.2) is 11.6 Å². The van der Waals surface area contributed by atoms with E-state index in [1.165, 1.54) is 13.2 Å². The van der Waals surface area contributed by atoms with Crippen molar-refractivity contribution in [3.05, 3.63) is 38.0 Å². The Bertz CT molecular complexity index is 804. The second kappa shape index (κ2) is 9.26. The lowest BCUT2D eigenvalue weighted by molar-refractivity contribution is 0.0264. The number of hydrogen-bond donors (Lipinski definition) is 0. The number of carbonyl (C=O) groups is 2. The summed E-state index contributed by atoms with van der Waals surface area (Å²) in [5, 5.41) is 0. The van der Waals surface area contributed by atoms with Gasteiger partial charge >= 0.3 is 12.1 Å². The number of ether oxygens (including phenoxy) is 3. The average Bonchev–Trinajstić information content (AvgIpc) is 2.60. The van der Waals surface area contributed by atoms with Gasteiger partial charge < -0.3 is 19.1 Å². The smallest absolute Gasteiger partial charge is 0.410 e. The molecule has 0 radical (unpaired) electrons. The van der Waals surface area contributed by atoms with Crippen molar-refractivity contribution in [2.45, 2.75) is 32.8 Å². The molecule has 1 aromatic rings. The Kier molecular flexibility index (Phi) is 7.50. The highest BCUT2D eigenvalue weighted by Gasteiger charge is 2.26. The minimum atomic E-state index is -0.806. The summed E-state index contributed by atoms with van der Waals surface area (Å²) in [7, 11) is 1.18. The molecular formula is C19H22Br2FNO5. The van der Waals surface area contributed by atoms with Crippen LogP contribution < -0.4 is 4.74 Å². The lowest BCUT2D eigenvalue weighted by atomic mass is 10.1. The van der Waals surface area contributed by atoms with E-state index in [-0.39, 0.29) is 28.5 Å². The highest BCUT2D eigenvalue weighted by Crippen LogP contribution is 2.36. The van der Waals surface area contributed by atoms with Crippen molar-refractivity contribution in [2.24, 2.45) is 0 Å². The van der Waals surface area contributed by atoms with Gasteiger partial charge in [-0.1, -0.05) is 6.08 Å². The maximum absolute atomic E-state index is 14.7. The molecule has 0 fully saturated rings. The van der Waals surface area contributed by atoms with E-state index in [0.29, 0.717) is 24.0 Å². The molecule has 1 aromatic carbocycles. The summed E-state index contributed by atoms with van der Waals surface area (Å²) in [5.74, 6) is -1.68. The normalized spacial score (nSPS) is 14.4. The zero-order chi connectivity index (χ0) is 21.1. The van der Waals surface area contributed by atoms with Crippen molar-refractivity contribution in [3.63, 3.8) is 0 Å². The zero-order valence-corrected chi connectivity index (χ0v) is 19.3. The van der Waals surface area contributed by atoms with Crippen LogP contribution in [0, 0.1) is 5.82 Å². The molecule has 1 amide bonds. The summed E-state index contributed by atoms with van der Waals surface area (Å²) in [6.45, 7) is 6.47. The Hall–Kier alpha value is -1.61. The van der Waals surface area contributed by atoms with E-state index >= 15 is 0 Å². The second-order valence-corrected chi connectivity index (χ2v) is 8.89. The van der Waals surface area contributed by atoms with Crippen molar-refractivity contribution in [3.8, 4) is 5.75 Å². The third-order valence-electron chi connectivity index (χ3n) is 3.87. The molecule has 0 atom stereocenters. The highest BCUT2D eigenvalue weighted by atomic mass is 79.9. The number of hydrogen-bond acceptors (Lipinski definition) is 5. The van der Waals surface area contributed by atoms with Crippen LogP contribution in [0.25, 0.3) is 0 Å². The van der Waals surface area contributed by atoms with E-state index in [1.54, 1.807) is 4.90 Å². The lowest BCUT2D eigenvalue weighted by Gasteiger charge is -2.29. The number of amides is 1. The molecule has 1 heterocycles. The molecular weight excluding hydrogens is 501 g/mol. The Morgan fingerprint density at radius 1 is 1.25 bits per heavy atom. The number of nitrogens with zero attached hydrogens (tertiary/aromatic N) is 1. The molecule has 28 heavy (non-hydrogen) atoms. The fourth-order valence-electron chi connectivity index (χ4n) is 2.49. The molecule has 0 aromatic heterocycles. The Labute approximate surface area is 180 Å². The third kappa shape index (κ3) is 5.70. The van der Waals surface area contributed by atoms with Crippen LogP contribution in [0.5, 0.6) is 5.75 Å². The van der Waals surface area contributed by atoms with E-state index in [0.717, 1.165) is 5.57 Å². The molecule has 9 heteroatoms. The van der Waals surface area contributed by atoms with E-state index in [9.17, 15) is 14.0 Å². The van der Waals surface area contributed by atoms with Crippen molar-refractivity contribution >= 4 is 43.9 Å². The fraction of sp³-hybridized carbons (Fsp3) is 0.474. The predicted molar refractivity (Wildman–Crippen MR) is 109 cm³/mol. The second-order valence-electron chi connectivity index (χ2n) is 7.18. The van der Waals surface area contributed by atoms with Crippen molar-refractivity contribution in [1.29, 1.82) is 0 Å². The molecule has 2 rings (SSSR count). The molecule has 0 spiro atoms. The highest BCUT2D eigenvalue weighted by molar-refractivity contribution is 9.11. The average molecular weight is 523 g/mol. The van der Waals surface area contributed by atoms with Crippen LogP contribution >= 0.6 is 31.9 Å². The van der Waals surface area contributed by atoms with Crippen LogP contribution in [0.3, 0.4) is 0 Å². The summed E-state index contributed by atoms with van der Waals surface area (Å²) < 4.78 is 31.0. The minimum absolute atomic E-state index is 0.0703. The lowest BCUT2D eigenvalue weighted by Crippen LogP contribution is -2.39. The van der Waals surface area contributed by atoms with Gasteiger partial charge in [0.25, 0.3) is 0 Å². The Morgan fingerprint density at radius 3 is 2.46 bits per heavy atom. The molecule has 154 valence electrons. The van der Waals surface area contributed by atoms with Crippen LogP contribution in [0.15, 0.2) is 26.7 Å². The van der Waals surface area contributed by atoms with Crippen molar-refractivity contribution < 1.29 is 28.2 Å². The van der Waals surface area contributed by atoms with E-state index < -0.39 is 17.4 Å². The van der Waals surface area contributed by atoms with Crippen LogP contribution in [0.4, 0.5) is 9.18 Å². The topological polar surface area (TPSA) is 65.1 Å². The number of methoxy groups -OCH3 is 1. The molecule has 1 aliphatic rings. The quantitative estimate of drug-likeness (QED) is 0.407. The Balaban J connectivity index is 2.06. The fourth-order valence-corrected chi connectivity index (χ4v) is 3.88. The van der Waals surface area contributed by atoms with Gasteiger partial charge in [0.1, 0.15) is 17.8 Å². The molecule has 0 N–H and O–H groups in total. The summed E-state index contributed by atoms with van der Waals surface area (Å²) in [6, 6.07) is 1.53. The van der Waals surface area contributed by atoms with Gasteiger partial charge in [-0.05, 0) is 70.7 Å². The van der Waals surface area contributed by atoms with Gasteiger partial charge in [-0.2, -0.15) is 0 Å². The van der Waals surface area contributed by atoms with E-state index in [2.05, 4.69) is 36.6 Å². The summed E-state index contributed by atoms with van der Waals surface area (Å²) >= 11 is 6.40. The zero-order valence-electron chi connectivity index (χ0n) is 16.1. The molecule has 0 saturated carbocycles.